The second-order valence-corrected chi connectivity index (χ2v) is 9.25. The summed E-state index contributed by atoms with van der Waals surface area (Å²) in [5.74, 6) is 0. The molecule has 4 heteroatoms. The molecule has 0 saturated heterocycles. The average molecular weight is 389 g/mol. The number of rotatable bonds is 3. The molecule has 1 unspecified atom stereocenters. The Kier molecular flexibility index (Phi) is 5.70. The smallest absolute Gasteiger partial charge is 1.00 e. The number of hydrogen-bond donors (Lipinski definition) is 0. The molecule has 0 amide bonds. The van der Waals surface area contributed by atoms with Gasteiger partial charge in [-0.1, -0.05) is 0 Å². The van der Waals surface area contributed by atoms with E-state index in [9.17, 15) is 0 Å². The molecule has 1 atom stereocenters. The molecule has 4 rings (SSSR count). The van der Waals surface area contributed by atoms with E-state index in [-0.39, 0.29) is 9.41 Å². The number of nitrogens with zero attached hydrogens (tertiary/aromatic N) is 1. The van der Waals surface area contributed by atoms with E-state index >= 15 is 0 Å². The summed E-state index contributed by atoms with van der Waals surface area (Å²) in [4.78, 5) is 0. The van der Waals surface area contributed by atoms with E-state index in [1.807, 2.05) is 0 Å². The molecule has 0 aliphatic heterocycles. The molecule has 0 saturated carbocycles. The summed E-state index contributed by atoms with van der Waals surface area (Å²) in [5, 5.41) is 0. The van der Waals surface area contributed by atoms with E-state index in [0.29, 0.717) is 3.63 Å². The van der Waals surface area contributed by atoms with Gasteiger partial charge in [0.1, 0.15) is 0 Å². The minimum absolute atomic E-state index is 0. The van der Waals surface area contributed by atoms with Crippen molar-refractivity contribution < 1.29 is 32.6 Å². The number of hydrogen-bond acceptors (Lipinski definition) is 0. The second-order valence-electron chi connectivity index (χ2n) is 5.63. The third-order valence-electron chi connectivity index (χ3n) is 4.29. The third-order valence-corrected chi connectivity index (χ3v) is 8.82. The van der Waals surface area contributed by atoms with Gasteiger partial charge in [0.25, 0.3) is 0 Å². The van der Waals surface area contributed by atoms with Crippen LogP contribution in [0.3, 0.4) is 0 Å². The zero-order valence-electron chi connectivity index (χ0n) is 12.8. The first-order valence-electron chi connectivity index (χ1n) is 7.39. The minimum atomic E-state index is -0.660. The van der Waals surface area contributed by atoms with Crippen molar-refractivity contribution in [3.8, 4) is 0 Å². The molecule has 0 bridgehead atoms. The number of halogens is 2. The molecule has 1 aromatic heterocycles. The molecular weight excluding hydrogens is 371 g/mol. The first-order chi connectivity index (χ1) is 10.3. The Morgan fingerprint density at radius 2 is 1.78 bits per heavy atom. The van der Waals surface area contributed by atoms with Crippen LogP contribution in [0.25, 0.3) is 11.8 Å². The van der Waals surface area contributed by atoms with Crippen LogP contribution in [0.15, 0.2) is 69.8 Å². The van der Waals surface area contributed by atoms with E-state index in [0.717, 1.165) is 0 Å². The predicted molar refractivity (Wildman–Crippen MR) is 84.2 cm³/mol. The van der Waals surface area contributed by atoms with Crippen molar-refractivity contribution in [3.05, 3.63) is 80.9 Å². The predicted octanol–water partition coefficient (Wildman–Crippen LogP) is -1.13. The topological polar surface area (TPSA) is 4.93 Å². The van der Waals surface area contributed by atoms with Gasteiger partial charge in [0, 0.05) is 0 Å². The fourth-order valence-electron chi connectivity index (χ4n) is 3.15. The van der Waals surface area contributed by atoms with Crippen molar-refractivity contribution in [1.29, 1.82) is 0 Å². The molecule has 2 aliphatic rings. The largest absolute Gasteiger partial charge is 1.00 e. The van der Waals surface area contributed by atoms with E-state index in [4.69, 9.17) is 0 Å². The summed E-state index contributed by atoms with van der Waals surface area (Å²) in [6, 6.07) is 13.2. The number of fused-ring (bicyclic) bond motifs is 1. The summed E-state index contributed by atoms with van der Waals surface area (Å²) in [6.45, 7) is 2.28. The van der Waals surface area contributed by atoms with Crippen LogP contribution < -0.4 is 9.41 Å². The number of allylic oxidation sites excluding steroid dienone is 5. The number of aromatic nitrogens is 1. The van der Waals surface area contributed by atoms with Crippen LogP contribution in [0.5, 0.6) is 0 Å². The average Bonchev–Trinajstić information content (AvgIpc) is 3.21. The summed E-state index contributed by atoms with van der Waals surface area (Å²) in [5.41, 5.74) is 5.95. The first kappa shape index (κ1) is 17.8. The first-order valence-corrected chi connectivity index (χ1v) is 10.0. The fourth-order valence-corrected chi connectivity index (χ4v) is 7.31. The molecule has 2 aliphatic carbocycles. The second kappa shape index (κ2) is 7.36. The molecule has 1 heterocycles. The van der Waals surface area contributed by atoms with Crippen LogP contribution in [-0.4, -0.2) is 4.57 Å². The summed E-state index contributed by atoms with van der Waals surface area (Å²) >= 11 is -0.660. The molecular formula is C19H17F2NZr. The van der Waals surface area contributed by atoms with E-state index in [2.05, 4.69) is 78.5 Å². The Morgan fingerprint density at radius 1 is 1.04 bits per heavy atom. The van der Waals surface area contributed by atoms with Crippen LogP contribution in [0.1, 0.15) is 28.1 Å². The molecule has 116 valence electrons. The number of benzene rings is 1. The van der Waals surface area contributed by atoms with Gasteiger partial charge in [0.2, 0.25) is 0 Å². The van der Waals surface area contributed by atoms with Crippen molar-refractivity contribution in [3.63, 3.8) is 0 Å². The Morgan fingerprint density at radius 3 is 2.48 bits per heavy atom. The van der Waals surface area contributed by atoms with Crippen molar-refractivity contribution >= 4 is 11.8 Å². The molecule has 2 aromatic rings. The van der Waals surface area contributed by atoms with E-state index in [1.54, 1.807) is 8.84 Å². The van der Waals surface area contributed by atoms with Gasteiger partial charge in [-0.3, -0.25) is 0 Å². The van der Waals surface area contributed by atoms with Crippen molar-refractivity contribution in [2.75, 3.05) is 0 Å². The molecule has 0 N–H and O–H groups in total. The SMILES string of the molecule is CC1=[C]([Zr+2][CH]2C(n3cccc3)=Cc3ccccc32)CC=C1.[F-].[F-]. The Bertz CT molecular complexity index is 772. The third kappa shape index (κ3) is 3.23. The van der Waals surface area contributed by atoms with Gasteiger partial charge in [-0.2, -0.15) is 0 Å². The molecule has 0 radical (unpaired) electrons. The van der Waals surface area contributed by atoms with Crippen LogP contribution >= 0.6 is 0 Å². The Labute approximate surface area is 146 Å². The van der Waals surface area contributed by atoms with Crippen molar-refractivity contribution in [2.45, 2.75) is 17.0 Å². The van der Waals surface area contributed by atoms with Gasteiger partial charge in [0.15, 0.2) is 0 Å². The summed E-state index contributed by atoms with van der Waals surface area (Å²) in [7, 11) is 0. The van der Waals surface area contributed by atoms with E-state index in [1.165, 1.54) is 23.3 Å². The summed E-state index contributed by atoms with van der Waals surface area (Å²) in [6.07, 6.45) is 12.6. The molecule has 1 nitrogen and oxygen atoms in total. The maximum absolute atomic E-state index is 2.39. The molecule has 23 heavy (non-hydrogen) atoms. The zero-order valence-corrected chi connectivity index (χ0v) is 15.3. The van der Waals surface area contributed by atoms with Gasteiger partial charge in [0.05, 0.1) is 0 Å². The van der Waals surface area contributed by atoms with Gasteiger partial charge in [-0.25, -0.2) is 0 Å². The van der Waals surface area contributed by atoms with Gasteiger partial charge in [-0.15, -0.1) is 0 Å². The van der Waals surface area contributed by atoms with Gasteiger partial charge in [-0.05, 0) is 0 Å². The van der Waals surface area contributed by atoms with Crippen LogP contribution in [0.2, 0.25) is 0 Å². The standard InChI is InChI=1S/C13H10N.C6H7.2FH.Zr/c1-2-6-12-10-13(9-11(12)5-1)14-7-3-4-8-14;1-6-4-2-3-5-6;;;/h1-10H;2,4H,3H2,1H3;2*1H;/q;;;;+2/p-2. The maximum Gasteiger partial charge on any atom is -1.00 e. The van der Waals surface area contributed by atoms with Gasteiger partial charge >= 0.3 is 137 Å². The Hall–Kier alpha value is -1.54. The van der Waals surface area contributed by atoms with Crippen molar-refractivity contribution in [2.24, 2.45) is 0 Å². The fraction of sp³-hybridized carbons (Fsp3) is 0.158. The quantitative estimate of drug-likeness (QED) is 0.627. The van der Waals surface area contributed by atoms with Crippen molar-refractivity contribution in [1.82, 2.24) is 4.57 Å². The van der Waals surface area contributed by atoms with E-state index < -0.39 is 23.2 Å². The van der Waals surface area contributed by atoms with Crippen LogP contribution in [0, 0.1) is 0 Å². The van der Waals surface area contributed by atoms with Crippen LogP contribution in [-0.2, 0) is 23.2 Å². The van der Waals surface area contributed by atoms with Gasteiger partial charge < -0.3 is 9.41 Å². The Balaban J connectivity index is 0.000000960. The zero-order chi connectivity index (χ0) is 14.2. The monoisotopic (exact) mass is 387 g/mol. The molecule has 0 spiro atoms. The summed E-state index contributed by atoms with van der Waals surface area (Å²) < 4.78 is 4.70. The molecule has 1 aromatic carbocycles. The normalized spacial score (nSPS) is 18.0. The maximum atomic E-state index is 2.39. The van der Waals surface area contributed by atoms with Crippen LogP contribution in [0.4, 0.5) is 0 Å². The molecule has 0 fully saturated rings. The minimum Gasteiger partial charge on any atom is -1.00 e.